The Morgan fingerprint density at radius 3 is 2.26 bits per heavy atom. The highest BCUT2D eigenvalue weighted by atomic mass is 16.6. The molecule has 1 N–H and O–H groups in total. The number of hydrogen-bond donors (Lipinski definition) is 1. The second-order valence-electron chi connectivity index (χ2n) is 9.47. The van der Waals surface area contributed by atoms with E-state index in [1.54, 1.807) is 55.8 Å². The minimum absolute atomic E-state index is 0.0280. The fraction of sp³-hybridized carbons (Fsp3) is 0.0323. The average molecular weight is 559 g/mol. The smallest absolute Gasteiger partial charge is 0.346 e. The molecule has 2 aliphatic heterocycles. The van der Waals surface area contributed by atoms with Crippen LogP contribution in [0.3, 0.4) is 0 Å². The van der Waals surface area contributed by atoms with Crippen LogP contribution in [-0.2, 0) is 4.74 Å². The third-order valence-corrected chi connectivity index (χ3v) is 7.14. The number of benzene rings is 4. The largest absolute Gasteiger partial charge is 0.497 e. The number of carbonyl (C=O) groups excluding carboxylic acids is 5. The maximum Gasteiger partial charge on any atom is 0.346 e. The van der Waals surface area contributed by atoms with Crippen LogP contribution >= 0.6 is 0 Å². The Morgan fingerprint density at radius 1 is 0.810 bits per heavy atom. The van der Waals surface area contributed by atoms with Crippen LogP contribution in [0, 0.1) is 0 Å². The Hall–Kier alpha value is -6.10. The molecular formula is C31H17N3O8. The van der Waals surface area contributed by atoms with Crippen molar-refractivity contribution in [1.29, 1.82) is 0 Å². The number of nitrogens with one attached hydrogen (secondary N) is 1. The van der Waals surface area contributed by atoms with Gasteiger partial charge < -0.3 is 13.9 Å². The fourth-order valence-electron chi connectivity index (χ4n) is 5.06. The number of nitrogens with zero attached hydrogens (tertiary/aromatic N) is 2. The minimum atomic E-state index is -0.881. The number of rotatable bonds is 5. The number of methoxy groups -OCH3 is 1. The Morgan fingerprint density at radius 2 is 1.50 bits per heavy atom. The fourth-order valence-corrected chi connectivity index (χ4v) is 5.06. The third kappa shape index (κ3) is 3.75. The average Bonchev–Trinajstić information content (AvgIpc) is 3.61. The van der Waals surface area contributed by atoms with Crippen LogP contribution in [0.5, 0.6) is 5.75 Å². The number of esters is 2. The molecule has 0 radical (unpaired) electrons. The van der Waals surface area contributed by atoms with Crippen LogP contribution in [0.1, 0.15) is 51.8 Å². The lowest BCUT2D eigenvalue weighted by Crippen LogP contribution is -2.51. The van der Waals surface area contributed by atoms with Gasteiger partial charge in [0.2, 0.25) is 5.89 Å². The van der Waals surface area contributed by atoms with Gasteiger partial charge in [0, 0.05) is 22.1 Å². The second kappa shape index (κ2) is 9.24. The van der Waals surface area contributed by atoms with Gasteiger partial charge >= 0.3 is 11.9 Å². The van der Waals surface area contributed by atoms with Crippen molar-refractivity contribution < 1.29 is 37.9 Å². The van der Waals surface area contributed by atoms with Crippen molar-refractivity contribution in [3.05, 3.63) is 107 Å². The highest BCUT2D eigenvalue weighted by Crippen LogP contribution is 2.37. The number of carbonyl (C=O) groups is 5. The molecule has 0 aliphatic carbocycles. The molecule has 0 spiro atoms. The van der Waals surface area contributed by atoms with Crippen LogP contribution in [0.15, 0.2) is 83.4 Å². The van der Waals surface area contributed by atoms with Gasteiger partial charge in [0.1, 0.15) is 5.75 Å². The summed E-state index contributed by atoms with van der Waals surface area (Å²) in [6.07, 6.45) is 1.59. The molecule has 0 atom stereocenters. The maximum absolute atomic E-state index is 13.5. The van der Waals surface area contributed by atoms with Crippen LogP contribution in [0.4, 0.5) is 0 Å². The lowest BCUT2D eigenvalue weighted by atomic mass is 9.92. The molecule has 4 aromatic carbocycles. The molecule has 42 heavy (non-hydrogen) atoms. The predicted octanol–water partition coefficient (Wildman–Crippen LogP) is 4.42. The highest BCUT2D eigenvalue weighted by molar-refractivity contribution is 6.27. The summed E-state index contributed by atoms with van der Waals surface area (Å²) in [7, 11) is 1.58. The van der Waals surface area contributed by atoms with E-state index in [0.29, 0.717) is 38.7 Å². The van der Waals surface area contributed by atoms with Gasteiger partial charge in [-0.15, -0.1) is 0 Å². The molecular weight excluding hydrogens is 542 g/mol. The Kier molecular flexibility index (Phi) is 5.48. The van der Waals surface area contributed by atoms with Crippen LogP contribution < -0.4 is 10.2 Å². The van der Waals surface area contributed by atoms with E-state index in [1.165, 1.54) is 18.2 Å². The van der Waals surface area contributed by atoms with E-state index < -0.39 is 29.7 Å². The SMILES string of the molecule is COc1ccc(-c2cnc(-c3ccc4c5c(cccc35)C(=O)N(NC(=O)c3ccc5c(c3)C(=O)OC5=O)C4=O)o2)cc1. The zero-order valence-corrected chi connectivity index (χ0v) is 21.7. The number of fused-ring (bicyclic) bond motifs is 1. The molecule has 0 bridgehead atoms. The summed E-state index contributed by atoms with van der Waals surface area (Å²) >= 11 is 0. The number of amides is 3. The first kappa shape index (κ1) is 24.9. The van der Waals surface area contributed by atoms with Crippen LogP contribution in [0.25, 0.3) is 33.6 Å². The van der Waals surface area contributed by atoms with Gasteiger partial charge in [0.15, 0.2) is 5.76 Å². The normalized spacial score (nSPS) is 13.8. The van der Waals surface area contributed by atoms with Crippen molar-refractivity contribution >= 4 is 40.4 Å². The zero-order valence-electron chi connectivity index (χ0n) is 21.7. The minimum Gasteiger partial charge on any atom is -0.497 e. The Bertz CT molecular complexity index is 2000. The molecule has 3 amide bonds. The molecule has 3 heterocycles. The number of cyclic esters (lactones) is 2. The van der Waals surface area contributed by atoms with Crippen molar-refractivity contribution in [2.75, 3.05) is 7.11 Å². The third-order valence-electron chi connectivity index (χ3n) is 7.14. The van der Waals surface area contributed by atoms with Crippen molar-refractivity contribution in [2.24, 2.45) is 0 Å². The van der Waals surface area contributed by atoms with Gasteiger partial charge in [-0.1, -0.05) is 12.1 Å². The summed E-state index contributed by atoms with van der Waals surface area (Å²) in [5, 5.41) is 1.60. The highest BCUT2D eigenvalue weighted by Gasteiger charge is 2.36. The van der Waals surface area contributed by atoms with Gasteiger partial charge in [-0.3, -0.25) is 19.8 Å². The zero-order chi connectivity index (χ0) is 29.1. The molecule has 0 unspecified atom stereocenters. The van der Waals surface area contributed by atoms with Gasteiger partial charge in [0.25, 0.3) is 17.7 Å². The number of oxazole rings is 1. The summed E-state index contributed by atoms with van der Waals surface area (Å²) in [6.45, 7) is 0. The van der Waals surface area contributed by atoms with E-state index in [1.807, 2.05) is 12.1 Å². The number of hydrazine groups is 1. The molecule has 11 nitrogen and oxygen atoms in total. The summed E-state index contributed by atoms with van der Waals surface area (Å²) in [5.41, 5.74) is 3.99. The first-order chi connectivity index (χ1) is 20.3. The second-order valence-corrected chi connectivity index (χ2v) is 9.47. The summed E-state index contributed by atoms with van der Waals surface area (Å²) in [6, 6.07) is 19.2. The van der Waals surface area contributed by atoms with Crippen molar-refractivity contribution in [3.8, 4) is 28.5 Å². The molecule has 1 aromatic heterocycles. The Labute approximate surface area is 236 Å². The number of aromatic nitrogens is 1. The molecule has 7 rings (SSSR count). The molecule has 0 fully saturated rings. The monoisotopic (exact) mass is 559 g/mol. The first-order valence-corrected chi connectivity index (χ1v) is 12.6. The van der Waals surface area contributed by atoms with E-state index in [2.05, 4.69) is 15.1 Å². The van der Waals surface area contributed by atoms with Crippen LogP contribution in [0.2, 0.25) is 0 Å². The number of imide groups is 1. The molecule has 5 aromatic rings. The van der Waals surface area contributed by atoms with Gasteiger partial charge in [0.05, 0.1) is 35.6 Å². The van der Waals surface area contributed by atoms with Crippen molar-refractivity contribution in [2.45, 2.75) is 0 Å². The van der Waals surface area contributed by atoms with E-state index in [9.17, 15) is 24.0 Å². The molecule has 0 saturated carbocycles. The summed E-state index contributed by atoms with van der Waals surface area (Å²) in [5.74, 6) is -2.48. The Balaban J connectivity index is 1.21. The number of hydrogen-bond acceptors (Lipinski definition) is 9. The summed E-state index contributed by atoms with van der Waals surface area (Å²) in [4.78, 5) is 68.0. The number of ether oxygens (including phenoxy) is 2. The maximum atomic E-state index is 13.5. The van der Waals surface area contributed by atoms with E-state index in [-0.39, 0.29) is 27.8 Å². The predicted molar refractivity (Wildman–Crippen MR) is 146 cm³/mol. The molecule has 0 saturated heterocycles. The molecule has 11 heteroatoms. The van der Waals surface area contributed by atoms with Crippen molar-refractivity contribution in [3.63, 3.8) is 0 Å². The quantitative estimate of drug-likeness (QED) is 0.188. The van der Waals surface area contributed by atoms with Gasteiger partial charge in [-0.25, -0.2) is 14.6 Å². The lowest BCUT2D eigenvalue weighted by molar-refractivity contribution is 0.0440. The van der Waals surface area contributed by atoms with E-state index >= 15 is 0 Å². The van der Waals surface area contributed by atoms with E-state index in [4.69, 9.17) is 9.15 Å². The summed E-state index contributed by atoms with van der Waals surface area (Å²) < 4.78 is 15.8. The standard InChI is InChI=1S/C31H17N3O8/c1-40-17-8-5-15(6-9-17)24-14-32-27(41-24)19-11-12-22-25-18(19)3-2-4-21(25)28(36)34(29(22)37)33-26(35)16-7-10-20-23(13-16)31(39)42-30(20)38/h2-14H,1H3,(H,33,35). The lowest BCUT2D eigenvalue weighted by Gasteiger charge is -2.27. The molecule has 204 valence electrons. The van der Waals surface area contributed by atoms with Crippen molar-refractivity contribution in [1.82, 2.24) is 15.4 Å². The van der Waals surface area contributed by atoms with Gasteiger partial charge in [-0.2, -0.15) is 5.01 Å². The van der Waals surface area contributed by atoms with Gasteiger partial charge in [-0.05, 0) is 66.0 Å². The first-order valence-electron chi connectivity index (χ1n) is 12.6. The van der Waals surface area contributed by atoms with Crippen LogP contribution in [-0.4, -0.2) is 46.8 Å². The molecule has 2 aliphatic rings. The van der Waals surface area contributed by atoms with E-state index in [0.717, 1.165) is 5.56 Å². The topological polar surface area (TPSA) is 145 Å².